The van der Waals surface area contributed by atoms with Crippen molar-refractivity contribution in [3.05, 3.63) is 59.7 Å². The van der Waals surface area contributed by atoms with Gasteiger partial charge >= 0.3 is 0 Å². The molecule has 1 saturated heterocycles. The average molecular weight is 412 g/mol. The van der Waals surface area contributed by atoms with E-state index in [1.54, 1.807) is 36.4 Å². The van der Waals surface area contributed by atoms with Crippen LogP contribution in [0.4, 0.5) is 5.69 Å². The van der Waals surface area contributed by atoms with Gasteiger partial charge in [-0.05, 0) is 31.2 Å². The highest BCUT2D eigenvalue weighted by Gasteiger charge is 2.30. The zero-order chi connectivity index (χ0) is 20.8. The van der Waals surface area contributed by atoms with Crippen LogP contribution in [0.15, 0.2) is 53.6 Å². The largest absolute Gasteiger partial charge is 0.497 e. The van der Waals surface area contributed by atoms with Crippen molar-refractivity contribution in [1.29, 1.82) is 0 Å². The molecule has 0 bridgehead atoms. The Bertz CT molecular complexity index is 959. The van der Waals surface area contributed by atoms with Crippen LogP contribution in [0.2, 0.25) is 0 Å². The van der Waals surface area contributed by atoms with E-state index >= 15 is 0 Å². The third-order valence-corrected chi connectivity index (χ3v) is 5.16. The first-order valence-electron chi connectivity index (χ1n) is 8.80. The van der Waals surface area contributed by atoms with E-state index in [-0.39, 0.29) is 23.4 Å². The number of nitrogens with zero attached hydrogens (tertiary/aromatic N) is 1. The highest BCUT2D eigenvalue weighted by Crippen LogP contribution is 2.23. The number of amidine groups is 1. The minimum atomic E-state index is -0.676. The predicted octanol–water partition coefficient (Wildman–Crippen LogP) is 2.26. The number of amides is 3. The van der Waals surface area contributed by atoms with Crippen LogP contribution in [-0.2, 0) is 9.59 Å². The molecule has 1 heterocycles. The van der Waals surface area contributed by atoms with Crippen molar-refractivity contribution < 1.29 is 19.1 Å². The fraction of sp³-hybridized carbons (Fsp3) is 0.200. The first kappa shape index (κ1) is 20.4. The predicted molar refractivity (Wildman–Crippen MR) is 112 cm³/mol. The van der Waals surface area contributed by atoms with Gasteiger partial charge in [0, 0.05) is 23.7 Å². The number of carbonyl (C=O) groups is 3. The number of rotatable bonds is 5. The second-order valence-electron chi connectivity index (χ2n) is 6.30. The SMILES string of the molecule is COc1cccc(NC(=O)[C@@H]2CC(=O)NC(=NNC(=O)c3ccc(C)cc3)S2)c1. The molecular formula is C20H20N4O4S. The van der Waals surface area contributed by atoms with Gasteiger partial charge < -0.3 is 15.4 Å². The number of ether oxygens (including phenoxy) is 1. The Labute approximate surface area is 172 Å². The molecule has 0 unspecified atom stereocenters. The number of nitrogens with one attached hydrogen (secondary N) is 3. The summed E-state index contributed by atoms with van der Waals surface area (Å²) in [5, 5.41) is 8.75. The van der Waals surface area contributed by atoms with Crippen molar-refractivity contribution in [2.24, 2.45) is 5.10 Å². The Morgan fingerprint density at radius 3 is 2.69 bits per heavy atom. The lowest BCUT2D eigenvalue weighted by molar-refractivity contribution is -0.123. The molecule has 1 aliphatic heterocycles. The fourth-order valence-corrected chi connectivity index (χ4v) is 3.48. The molecule has 1 aliphatic rings. The molecule has 0 radical (unpaired) electrons. The van der Waals surface area contributed by atoms with Crippen LogP contribution < -0.4 is 20.8 Å². The highest BCUT2D eigenvalue weighted by molar-refractivity contribution is 8.15. The number of thioether (sulfide) groups is 1. The highest BCUT2D eigenvalue weighted by atomic mass is 32.2. The summed E-state index contributed by atoms with van der Waals surface area (Å²) in [5.41, 5.74) is 4.44. The molecule has 8 nitrogen and oxygen atoms in total. The van der Waals surface area contributed by atoms with Gasteiger partial charge in [0.25, 0.3) is 5.91 Å². The molecule has 150 valence electrons. The van der Waals surface area contributed by atoms with Gasteiger partial charge in [-0.25, -0.2) is 5.43 Å². The number of benzene rings is 2. The van der Waals surface area contributed by atoms with Gasteiger partial charge in [-0.15, -0.1) is 5.10 Å². The average Bonchev–Trinajstić information content (AvgIpc) is 2.72. The molecule has 0 aliphatic carbocycles. The molecule has 9 heteroatoms. The van der Waals surface area contributed by atoms with E-state index in [0.717, 1.165) is 17.3 Å². The summed E-state index contributed by atoms with van der Waals surface area (Å²) in [6, 6.07) is 13.9. The van der Waals surface area contributed by atoms with E-state index < -0.39 is 11.2 Å². The topological polar surface area (TPSA) is 109 Å². The van der Waals surface area contributed by atoms with Gasteiger partial charge in [-0.1, -0.05) is 35.5 Å². The van der Waals surface area contributed by atoms with Gasteiger partial charge in [0.1, 0.15) is 11.0 Å². The molecule has 3 amide bonds. The molecule has 1 fully saturated rings. The van der Waals surface area contributed by atoms with Crippen LogP contribution in [0.3, 0.4) is 0 Å². The maximum Gasteiger partial charge on any atom is 0.271 e. The summed E-state index contributed by atoms with van der Waals surface area (Å²) in [6.45, 7) is 1.92. The third-order valence-electron chi connectivity index (χ3n) is 4.07. The number of hydrazone groups is 1. The second-order valence-corrected chi connectivity index (χ2v) is 7.50. The first-order valence-corrected chi connectivity index (χ1v) is 9.68. The van der Waals surface area contributed by atoms with Gasteiger partial charge in [0.2, 0.25) is 11.8 Å². The Morgan fingerprint density at radius 2 is 1.97 bits per heavy atom. The number of carbonyl (C=O) groups excluding carboxylic acids is 3. The number of anilines is 1. The zero-order valence-electron chi connectivity index (χ0n) is 15.9. The normalized spacial score (nSPS) is 17.4. The summed E-state index contributed by atoms with van der Waals surface area (Å²) >= 11 is 1.07. The van der Waals surface area contributed by atoms with Gasteiger partial charge in [0.05, 0.1) is 7.11 Å². The van der Waals surface area contributed by atoms with Crippen LogP contribution in [0.25, 0.3) is 0 Å². The van der Waals surface area contributed by atoms with Crippen LogP contribution in [0, 0.1) is 6.92 Å². The number of methoxy groups -OCH3 is 1. The standard InChI is InChI=1S/C20H20N4O4S/c1-12-6-8-13(9-7-12)18(26)23-24-20-22-17(25)11-16(29-20)19(27)21-14-4-3-5-15(10-14)28-2/h3-10,16H,11H2,1-2H3,(H,21,27)(H,23,26)(H,22,24,25)/t16-/m0/s1. The van der Waals surface area contributed by atoms with E-state index in [2.05, 4.69) is 21.2 Å². The van der Waals surface area contributed by atoms with Crippen LogP contribution in [0.1, 0.15) is 22.3 Å². The summed E-state index contributed by atoms with van der Waals surface area (Å²) in [5.74, 6) is -0.484. The van der Waals surface area contributed by atoms with E-state index in [0.29, 0.717) is 17.0 Å². The van der Waals surface area contributed by atoms with Crippen molar-refractivity contribution in [1.82, 2.24) is 10.7 Å². The lowest BCUT2D eigenvalue weighted by atomic mass is 10.1. The van der Waals surface area contributed by atoms with Crippen LogP contribution >= 0.6 is 11.8 Å². The molecular weight excluding hydrogens is 392 g/mol. The van der Waals surface area contributed by atoms with Crippen molar-refractivity contribution in [2.45, 2.75) is 18.6 Å². The van der Waals surface area contributed by atoms with Crippen molar-refractivity contribution in [2.75, 3.05) is 12.4 Å². The molecule has 3 rings (SSSR count). The second kappa shape index (κ2) is 9.24. The van der Waals surface area contributed by atoms with Gasteiger partial charge in [-0.2, -0.15) is 0 Å². The molecule has 2 aromatic carbocycles. The monoisotopic (exact) mass is 412 g/mol. The van der Waals surface area contributed by atoms with Crippen LogP contribution in [0.5, 0.6) is 5.75 Å². The minimum absolute atomic E-state index is 0.00535. The van der Waals surface area contributed by atoms with E-state index in [1.807, 2.05) is 19.1 Å². The number of hydrogen-bond acceptors (Lipinski definition) is 6. The summed E-state index contributed by atoms with van der Waals surface area (Å²) in [7, 11) is 1.54. The summed E-state index contributed by atoms with van der Waals surface area (Å²) < 4.78 is 5.13. The van der Waals surface area contributed by atoms with Gasteiger partial charge in [-0.3, -0.25) is 14.4 Å². The molecule has 29 heavy (non-hydrogen) atoms. The molecule has 0 aromatic heterocycles. The number of hydrogen-bond donors (Lipinski definition) is 3. The molecule has 2 aromatic rings. The lowest BCUT2D eigenvalue weighted by Crippen LogP contribution is -2.42. The third kappa shape index (κ3) is 5.58. The first-order chi connectivity index (χ1) is 13.9. The van der Waals surface area contributed by atoms with E-state index in [1.165, 1.54) is 7.11 Å². The van der Waals surface area contributed by atoms with Crippen LogP contribution in [-0.4, -0.2) is 35.2 Å². The van der Waals surface area contributed by atoms with Crippen molar-refractivity contribution >= 4 is 40.3 Å². The van der Waals surface area contributed by atoms with Crippen molar-refractivity contribution in [3.8, 4) is 5.75 Å². The fourth-order valence-electron chi connectivity index (χ4n) is 2.54. The number of aryl methyl sites for hydroxylation is 1. The lowest BCUT2D eigenvalue weighted by Gasteiger charge is -2.22. The molecule has 3 N–H and O–H groups in total. The quantitative estimate of drug-likeness (QED) is 0.653. The Hall–Kier alpha value is -3.33. The molecule has 0 spiro atoms. The Kier molecular flexibility index (Phi) is 6.50. The maximum absolute atomic E-state index is 12.6. The van der Waals surface area contributed by atoms with Gasteiger partial charge in [0.15, 0.2) is 5.17 Å². The molecule has 0 saturated carbocycles. The Morgan fingerprint density at radius 1 is 1.21 bits per heavy atom. The molecule has 1 atom stereocenters. The summed E-state index contributed by atoms with van der Waals surface area (Å²) in [4.78, 5) is 36.7. The minimum Gasteiger partial charge on any atom is -0.497 e. The van der Waals surface area contributed by atoms with E-state index in [9.17, 15) is 14.4 Å². The zero-order valence-corrected chi connectivity index (χ0v) is 16.7. The maximum atomic E-state index is 12.6. The summed E-state index contributed by atoms with van der Waals surface area (Å²) in [6.07, 6.45) is 0.00535. The Balaban J connectivity index is 1.63. The smallest absolute Gasteiger partial charge is 0.271 e. The van der Waals surface area contributed by atoms with E-state index in [4.69, 9.17) is 4.74 Å². The van der Waals surface area contributed by atoms with Crippen molar-refractivity contribution in [3.63, 3.8) is 0 Å².